The molecule has 0 amide bonds. The highest BCUT2D eigenvalue weighted by Crippen LogP contribution is 2.09. The van der Waals surface area contributed by atoms with Gasteiger partial charge in [-0.1, -0.05) is 13.8 Å². The van der Waals surface area contributed by atoms with Crippen molar-refractivity contribution >= 4 is 5.78 Å². The Morgan fingerprint density at radius 3 is 2.50 bits per heavy atom. The lowest BCUT2D eigenvalue weighted by atomic mass is 10.2. The van der Waals surface area contributed by atoms with E-state index in [0.717, 1.165) is 5.69 Å². The largest absolute Gasteiger partial charge is 0.367 e. The fourth-order valence-electron chi connectivity index (χ4n) is 1.50. The van der Waals surface area contributed by atoms with Gasteiger partial charge in [0.2, 0.25) is 0 Å². The first-order chi connectivity index (χ1) is 7.50. The second-order valence-corrected chi connectivity index (χ2v) is 4.36. The van der Waals surface area contributed by atoms with Crippen molar-refractivity contribution in [2.45, 2.75) is 39.7 Å². The Labute approximate surface area is 92.9 Å². The van der Waals surface area contributed by atoms with Crippen molar-refractivity contribution < 1.29 is 0 Å². The first kappa shape index (κ1) is 10.8. The summed E-state index contributed by atoms with van der Waals surface area (Å²) in [5, 5.41) is 4.37. The monoisotopic (exact) mass is 221 g/mol. The lowest BCUT2D eigenvalue weighted by molar-refractivity contribution is 0.447. The maximum absolute atomic E-state index is 11.6. The van der Waals surface area contributed by atoms with Crippen LogP contribution in [0.2, 0.25) is 0 Å². The summed E-state index contributed by atoms with van der Waals surface area (Å²) in [5.41, 5.74) is 0.537. The molecule has 0 bridgehead atoms. The Bertz CT molecular complexity index is 566. The van der Waals surface area contributed by atoms with E-state index in [0.29, 0.717) is 5.78 Å². The zero-order chi connectivity index (χ0) is 11.9. The molecule has 0 saturated carbocycles. The van der Waals surface area contributed by atoms with Gasteiger partial charge < -0.3 is 0 Å². The van der Waals surface area contributed by atoms with Crippen LogP contribution in [-0.2, 0) is 0 Å². The first-order valence-electron chi connectivity index (χ1n) is 5.35. The molecular formula is C10H15N5O. The number of hydrogen-bond acceptors (Lipinski definition) is 4. The Balaban J connectivity index is 2.75. The molecule has 0 atom stereocenters. The number of nitrogens with zero attached hydrogens (tertiary/aromatic N) is 5. The molecule has 0 N–H and O–H groups in total. The van der Waals surface area contributed by atoms with Gasteiger partial charge in [0.1, 0.15) is 0 Å². The normalized spacial score (nSPS) is 11.9. The van der Waals surface area contributed by atoms with Gasteiger partial charge in [-0.05, 0) is 19.8 Å². The predicted octanol–water partition coefficient (Wildman–Crippen LogP) is 0.990. The topological polar surface area (TPSA) is 65.1 Å². The van der Waals surface area contributed by atoms with Crippen molar-refractivity contribution in [2.24, 2.45) is 0 Å². The van der Waals surface area contributed by atoms with E-state index in [1.54, 1.807) is 6.20 Å². The molecule has 2 aromatic rings. The predicted molar refractivity (Wildman–Crippen MR) is 59.5 cm³/mol. The van der Waals surface area contributed by atoms with Crippen molar-refractivity contribution in [3.63, 3.8) is 0 Å². The van der Waals surface area contributed by atoms with Crippen LogP contribution in [0.3, 0.4) is 0 Å². The molecule has 16 heavy (non-hydrogen) atoms. The minimum atomic E-state index is -0.309. The fraction of sp³-hybridized carbons (Fsp3) is 0.600. The standard InChI is InChI=1S/C10H15N5O/c1-6(2)8-5-11-9-12-10(16)14(7(3)4)15(9)13-8/h5-7H,1-4H3. The van der Waals surface area contributed by atoms with Crippen LogP contribution >= 0.6 is 0 Å². The smallest absolute Gasteiger partial charge is 0.244 e. The zero-order valence-electron chi connectivity index (χ0n) is 9.88. The van der Waals surface area contributed by atoms with Crippen molar-refractivity contribution in [3.8, 4) is 0 Å². The van der Waals surface area contributed by atoms with Crippen LogP contribution in [0.1, 0.15) is 45.3 Å². The average molecular weight is 221 g/mol. The molecular weight excluding hydrogens is 206 g/mol. The van der Waals surface area contributed by atoms with E-state index in [-0.39, 0.29) is 17.6 Å². The van der Waals surface area contributed by atoms with Gasteiger partial charge in [-0.25, -0.2) is 14.5 Å². The average Bonchev–Trinajstić information content (AvgIpc) is 2.51. The van der Waals surface area contributed by atoms with E-state index in [1.165, 1.54) is 9.31 Å². The second kappa shape index (κ2) is 3.70. The van der Waals surface area contributed by atoms with E-state index >= 15 is 0 Å². The zero-order valence-corrected chi connectivity index (χ0v) is 9.88. The van der Waals surface area contributed by atoms with Crippen LogP contribution in [0.4, 0.5) is 0 Å². The van der Waals surface area contributed by atoms with Gasteiger partial charge in [0.15, 0.2) is 0 Å². The van der Waals surface area contributed by atoms with Crippen LogP contribution < -0.4 is 5.69 Å². The van der Waals surface area contributed by atoms with Gasteiger partial charge in [-0.3, -0.25) is 0 Å². The highest BCUT2D eigenvalue weighted by Gasteiger charge is 2.13. The third-order valence-electron chi connectivity index (χ3n) is 2.38. The van der Waals surface area contributed by atoms with E-state index in [4.69, 9.17) is 0 Å². The molecule has 0 saturated heterocycles. The van der Waals surface area contributed by atoms with E-state index in [9.17, 15) is 4.79 Å². The first-order valence-corrected chi connectivity index (χ1v) is 5.35. The van der Waals surface area contributed by atoms with Crippen molar-refractivity contribution in [1.29, 1.82) is 0 Å². The molecule has 0 radical (unpaired) electrons. The highest BCUT2D eigenvalue weighted by molar-refractivity contribution is 5.22. The summed E-state index contributed by atoms with van der Waals surface area (Å²) in [6.45, 7) is 7.90. The molecule has 6 nitrogen and oxygen atoms in total. The lowest BCUT2D eigenvalue weighted by Crippen LogP contribution is -2.24. The van der Waals surface area contributed by atoms with Crippen LogP contribution in [0, 0.1) is 0 Å². The summed E-state index contributed by atoms with van der Waals surface area (Å²) >= 11 is 0. The molecule has 0 aliphatic carbocycles. The van der Waals surface area contributed by atoms with Gasteiger partial charge in [0.25, 0.3) is 5.78 Å². The molecule has 0 spiro atoms. The Hall–Kier alpha value is -1.72. The third kappa shape index (κ3) is 1.60. The lowest BCUT2D eigenvalue weighted by Gasteiger charge is -2.08. The Kier molecular flexibility index (Phi) is 2.49. The highest BCUT2D eigenvalue weighted by atomic mass is 16.2. The minimum absolute atomic E-state index is 0.0132. The molecule has 2 rings (SSSR count). The summed E-state index contributed by atoms with van der Waals surface area (Å²) in [4.78, 5) is 19.6. The van der Waals surface area contributed by atoms with E-state index in [1.807, 2.05) is 27.7 Å². The van der Waals surface area contributed by atoms with Crippen molar-refractivity contribution in [3.05, 3.63) is 22.4 Å². The molecule has 0 aliphatic rings. The van der Waals surface area contributed by atoms with Crippen LogP contribution in [0.5, 0.6) is 0 Å². The number of rotatable bonds is 2. The van der Waals surface area contributed by atoms with Gasteiger partial charge >= 0.3 is 5.69 Å². The quantitative estimate of drug-likeness (QED) is 0.758. The van der Waals surface area contributed by atoms with Gasteiger partial charge in [0.05, 0.1) is 17.9 Å². The van der Waals surface area contributed by atoms with Crippen LogP contribution in [-0.4, -0.2) is 24.4 Å². The number of fused-ring (bicyclic) bond motifs is 1. The third-order valence-corrected chi connectivity index (χ3v) is 2.38. The molecule has 2 aromatic heterocycles. The van der Waals surface area contributed by atoms with Crippen LogP contribution in [0.15, 0.2) is 11.0 Å². The molecule has 2 heterocycles. The summed E-state index contributed by atoms with van der Waals surface area (Å²) in [6, 6.07) is 0.0132. The molecule has 6 heteroatoms. The molecule has 0 fully saturated rings. The summed E-state index contributed by atoms with van der Waals surface area (Å²) in [5.74, 6) is 0.623. The number of aromatic nitrogens is 5. The van der Waals surface area contributed by atoms with Crippen molar-refractivity contribution in [2.75, 3.05) is 0 Å². The van der Waals surface area contributed by atoms with Gasteiger partial charge in [-0.2, -0.15) is 10.1 Å². The Morgan fingerprint density at radius 1 is 1.25 bits per heavy atom. The maximum atomic E-state index is 11.6. The SMILES string of the molecule is CC(C)c1cnc2nc(=O)n(C(C)C)n2n1. The molecule has 0 unspecified atom stereocenters. The minimum Gasteiger partial charge on any atom is -0.244 e. The fourth-order valence-corrected chi connectivity index (χ4v) is 1.50. The van der Waals surface area contributed by atoms with Crippen LogP contribution in [0.25, 0.3) is 5.78 Å². The summed E-state index contributed by atoms with van der Waals surface area (Å²) < 4.78 is 2.98. The Morgan fingerprint density at radius 2 is 1.94 bits per heavy atom. The van der Waals surface area contributed by atoms with Crippen molar-refractivity contribution in [1.82, 2.24) is 24.4 Å². The van der Waals surface area contributed by atoms with E-state index in [2.05, 4.69) is 15.1 Å². The maximum Gasteiger partial charge on any atom is 0.367 e. The molecule has 0 aromatic carbocycles. The van der Waals surface area contributed by atoms with E-state index < -0.39 is 0 Å². The second-order valence-electron chi connectivity index (χ2n) is 4.36. The molecule has 0 aliphatic heterocycles. The summed E-state index contributed by atoms with van der Waals surface area (Å²) in [7, 11) is 0. The number of hydrogen-bond donors (Lipinski definition) is 0. The summed E-state index contributed by atoms with van der Waals surface area (Å²) in [6.07, 6.45) is 1.66. The molecule has 86 valence electrons. The van der Waals surface area contributed by atoms with Gasteiger partial charge in [0, 0.05) is 0 Å². The van der Waals surface area contributed by atoms with Gasteiger partial charge in [-0.15, -0.1) is 4.63 Å².